The van der Waals surface area contributed by atoms with Gasteiger partial charge >= 0.3 is 5.97 Å². The lowest BCUT2D eigenvalue weighted by atomic mass is 9.94. The number of rotatable bonds is 6. The normalized spacial score (nSPS) is 16.8. The molecule has 1 N–H and O–H groups in total. The minimum Gasteiger partial charge on any atom is -0.507 e. The third-order valence-electron chi connectivity index (χ3n) is 6.14. The van der Waals surface area contributed by atoms with Crippen LogP contribution in [0.4, 0.5) is 5.69 Å². The monoisotopic (exact) mass is 505 g/mol. The molecule has 0 spiro atoms. The van der Waals surface area contributed by atoms with Crippen LogP contribution in [0.5, 0.6) is 5.75 Å². The lowest BCUT2D eigenvalue weighted by Gasteiger charge is -2.25. The predicted molar refractivity (Wildman–Crippen MR) is 136 cm³/mol. The molecule has 3 aromatic carbocycles. The molecule has 4 rings (SSSR count). The summed E-state index contributed by atoms with van der Waals surface area (Å²) in [6.45, 7) is 2.03. The van der Waals surface area contributed by atoms with Crippen LogP contribution in [0.15, 0.2) is 72.3 Å². The molecule has 184 valence electrons. The smallest absolute Gasteiger partial charge is 0.337 e. The highest BCUT2D eigenvalue weighted by Gasteiger charge is 2.47. The molecule has 36 heavy (non-hydrogen) atoms. The SMILES string of the molecule is CCc1ccc(C2/C(=C(/O)c3ccc(Cl)c(OC)c3)C(=O)C(=O)N2c2ccc(C(=O)OC)cc2)cc1. The van der Waals surface area contributed by atoms with Gasteiger partial charge in [-0.15, -0.1) is 0 Å². The van der Waals surface area contributed by atoms with Crippen LogP contribution in [0.2, 0.25) is 5.02 Å². The van der Waals surface area contributed by atoms with E-state index in [1.165, 1.54) is 37.3 Å². The van der Waals surface area contributed by atoms with E-state index in [1.54, 1.807) is 24.3 Å². The van der Waals surface area contributed by atoms with E-state index in [2.05, 4.69) is 0 Å². The van der Waals surface area contributed by atoms with E-state index in [4.69, 9.17) is 21.1 Å². The number of hydrogen-bond acceptors (Lipinski definition) is 6. The zero-order valence-electron chi connectivity index (χ0n) is 19.9. The first-order chi connectivity index (χ1) is 17.3. The number of aryl methyl sites for hydroxylation is 1. The molecule has 7 nitrogen and oxygen atoms in total. The lowest BCUT2D eigenvalue weighted by molar-refractivity contribution is -0.132. The van der Waals surface area contributed by atoms with Crippen molar-refractivity contribution in [1.29, 1.82) is 0 Å². The Kier molecular flexibility index (Phi) is 7.12. The van der Waals surface area contributed by atoms with Crippen LogP contribution in [0.1, 0.15) is 40.0 Å². The van der Waals surface area contributed by atoms with Gasteiger partial charge in [-0.2, -0.15) is 0 Å². The molecule has 1 aliphatic rings. The van der Waals surface area contributed by atoms with E-state index >= 15 is 0 Å². The summed E-state index contributed by atoms with van der Waals surface area (Å²) in [5.74, 6) is -2.18. The maximum atomic E-state index is 13.3. The summed E-state index contributed by atoms with van der Waals surface area (Å²) in [5.41, 5.74) is 2.64. The minimum absolute atomic E-state index is 0.0642. The number of esters is 1. The van der Waals surface area contributed by atoms with Gasteiger partial charge in [-0.1, -0.05) is 42.8 Å². The molecule has 0 aliphatic carbocycles. The summed E-state index contributed by atoms with van der Waals surface area (Å²) in [6.07, 6.45) is 0.819. The van der Waals surface area contributed by atoms with E-state index in [0.717, 1.165) is 12.0 Å². The van der Waals surface area contributed by atoms with Crippen molar-refractivity contribution in [2.75, 3.05) is 19.1 Å². The number of carbonyl (C=O) groups is 3. The number of aliphatic hydroxyl groups excluding tert-OH is 1. The van der Waals surface area contributed by atoms with Crippen molar-refractivity contribution in [2.24, 2.45) is 0 Å². The quantitative estimate of drug-likeness (QED) is 0.211. The number of carbonyl (C=O) groups excluding carboxylic acids is 3. The van der Waals surface area contributed by atoms with Gasteiger partial charge in [-0.05, 0) is 60.0 Å². The molecule has 1 atom stereocenters. The van der Waals surface area contributed by atoms with Gasteiger partial charge in [0.15, 0.2) is 0 Å². The number of nitrogens with zero attached hydrogens (tertiary/aromatic N) is 1. The van der Waals surface area contributed by atoms with Crippen molar-refractivity contribution in [3.8, 4) is 5.75 Å². The molecule has 1 saturated heterocycles. The molecule has 0 radical (unpaired) electrons. The van der Waals surface area contributed by atoms with Crippen LogP contribution in [-0.2, 0) is 20.7 Å². The Balaban J connectivity index is 1.90. The minimum atomic E-state index is -0.901. The summed E-state index contributed by atoms with van der Waals surface area (Å²) >= 11 is 6.13. The number of methoxy groups -OCH3 is 2. The Hall–Kier alpha value is -4.10. The van der Waals surface area contributed by atoms with Gasteiger partial charge in [-0.3, -0.25) is 14.5 Å². The Bertz CT molecular complexity index is 1360. The molecule has 1 fully saturated rings. The van der Waals surface area contributed by atoms with Crippen LogP contribution >= 0.6 is 11.6 Å². The number of anilines is 1. The van der Waals surface area contributed by atoms with Crippen molar-refractivity contribution < 1.29 is 29.0 Å². The average Bonchev–Trinajstić information content (AvgIpc) is 3.18. The fourth-order valence-electron chi connectivity index (χ4n) is 4.19. The number of halogens is 1. The highest BCUT2D eigenvalue weighted by Crippen LogP contribution is 2.43. The first kappa shape index (κ1) is 25.0. The van der Waals surface area contributed by atoms with Gasteiger partial charge in [0.2, 0.25) is 0 Å². The maximum absolute atomic E-state index is 13.3. The molecule has 1 heterocycles. The molecular weight excluding hydrogens is 482 g/mol. The summed E-state index contributed by atoms with van der Waals surface area (Å²) < 4.78 is 9.99. The maximum Gasteiger partial charge on any atom is 0.337 e. The molecule has 1 unspecified atom stereocenters. The molecule has 0 aromatic heterocycles. The lowest BCUT2D eigenvalue weighted by Crippen LogP contribution is -2.29. The number of ketones is 1. The van der Waals surface area contributed by atoms with Crippen LogP contribution in [0.25, 0.3) is 5.76 Å². The fraction of sp³-hybridized carbons (Fsp3) is 0.179. The largest absolute Gasteiger partial charge is 0.507 e. The van der Waals surface area contributed by atoms with Crippen LogP contribution in [0, 0.1) is 0 Å². The number of amides is 1. The second-order valence-electron chi connectivity index (χ2n) is 8.15. The number of aliphatic hydroxyl groups is 1. The van der Waals surface area contributed by atoms with Crippen molar-refractivity contribution in [1.82, 2.24) is 0 Å². The van der Waals surface area contributed by atoms with Crippen LogP contribution in [-0.4, -0.2) is 37.0 Å². The second kappa shape index (κ2) is 10.3. The average molecular weight is 506 g/mol. The second-order valence-corrected chi connectivity index (χ2v) is 8.56. The van der Waals surface area contributed by atoms with Crippen molar-refractivity contribution in [3.63, 3.8) is 0 Å². The number of benzene rings is 3. The number of hydrogen-bond donors (Lipinski definition) is 1. The fourth-order valence-corrected chi connectivity index (χ4v) is 4.38. The van der Waals surface area contributed by atoms with E-state index in [0.29, 0.717) is 27.6 Å². The van der Waals surface area contributed by atoms with E-state index < -0.39 is 23.7 Å². The first-order valence-electron chi connectivity index (χ1n) is 11.2. The van der Waals surface area contributed by atoms with E-state index in [9.17, 15) is 19.5 Å². The van der Waals surface area contributed by atoms with Gasteiger partial charge in [0, 0.05) is 11.3 Å². The highest BCUT2D eigenvalue weighted by atomic mass is 35.5. The first-order valence-corrected chi connectivity index (χ1v) is 11.6. The molecule has 1 aliphatic heterocycles. The summed E-state index contributed by atoms with van der Waals surface area (Å²) in [6, 6.07) is 17.4. The van der Waals surface area contributed by atoms with Gasteiger partial charge in [-0.25, -0.2) is 4.79 Å². The Morgan fingerprint density at radius 2 is 1.61 bits per heavy atom. The standard InChI is InChI=1S/C28H24ClNO6/c1-4-16-5-7-17(8-6-16)24-23(25(31)19-11-14-21(29)22(15-19)35-2)26(32)27(33)30(24)20-12-9-18(10-13-20)28(34)36-3/h5-15,24,31H,4H2,1-3H3/b25-23-. The van der Waals surface area contributed by atoms with Crippen molar-refractivity contribution >= 4 is 40.7 Å². The molecule has 3 aromatic rings. The highest BCUT2D eigenvalue weighted by molar-refractivity contribution is 6.51. The molecule has 0 bridgehead atoms. The van der Waals surface area contributed by atoms with Crippen molar-refractivity contribution in [2.45, 2.75) is 19.4 Å². The van der Waals surface area contributed by atoms with Gasteiger partial charge < -0.3 is 14.6 Å². The van der Waals surface area contributed by atoms with E-state index in [-0.39, 0.29) is 16.9 Å². The Labute approximate surface area is 213 Å². The van der Waals surface area contributed by atoms with Crippen molar-refractivity contribution in [3.05, 3.63) is 99.6 Å². The summed E-state index contributed by atoms with van der Waals surface area (Å²) in [4.78, 5) is 39.8. The van der Waals surface area contributed by atoms with Crippen LogP contribution in [0.3, 0.4) is 0 Å². The number of Topliss-reactive ketones (excluding diaryl/α,β-unsaturated/α-hetero) is 1. The van der Waals surface area contributed by atoms with E-state index in [1.807, 2.05) is 31.2 Å². The number of ether oxygens (including phenoxy) is 2. The molecular formula is C28H24ClNO6. The zero-order valence-corrected chi connectivity index (χ0v) is 20.7. The third-order valence-corrected chi connectivity index (χ3v) is 6.45. The van der Waals surface area contributed by atoms with Gasteiger partial charge in [0.1, 0.15) is 11.5 Å². The van der Waals surface area contributed by atoms with Gasteiger partial charge in [0.25, 0.3) is 11.7 Å². The molecule has 8 heteroatoms. The zero-order chi connectivity index (χ0) is 26.0. The predicted octanol–water partition coefficient (Wildman–Crippen LogP) is 5.32. The summed E-state index contributed by atoms with van der Waals surface area (Å²) in [5, 5.41) is 11.6. The topological polar surface area (TPSA) is 93.1 Å². The Morgan fingerprint density at radius 1 is 0.972 bits per heavy atom. The molecule has 1 amide bonds. The molecule has 0 saturated carbocycles. The third kappa shape index (κ3) is 4.45. The van der Waals surface area contributed by atoms with Crippen LogP contribution < -0.4 is 9.64 Å². The summed E-state index contributed by atoms with van der Waals surface area (Å²) in [7, 11) is 2.72. The Morgan fingerprint density at radius 3 is 2.19 bits per heavy atom. The van der Waals surface area contributed by atoms with Gasteiger partial charge in [0.05, 0.1) is 36.4 Å².